The van der Waals surface area contributed by atoms with Gasteiger partial charge in [0, 0.05) is 19.1 Å². The molecule has 1 aromatic rings. The number of nitrogens with zero attached hydrogens (tertiary/aromatic N) is 1. The Hall–Kier alpha value is -1.60. The second kappa shape index (κ2) is 8.14. The highest BCUT2D eigenvalue weighted by Gasteiger charge is 2.21. The van der Waals surface area contributed by atoms with Crippen molar-refractivity contribution < 1.29 is 17.9 Å². The van der Waals surface area contributed by atoms with E-state index < -0.39 is 10.0 Å². The first kappa shape index (κ1) is 18.4. The molecule has 0 aliphatic rings. The molecule has 0 saturated heterocycles. The van der Waals surface area contributed by atoms with Gasteiger partial charge in [-0.05, 0) is 38.1 Å². The smallest absolute Gasteiger partial charge is 0.258 e. The van der Waals surface area contributed by atoms with Crippen molar-refractivity contribution in [3.63, 3.8) is 0 Å². The Kier molecular flexibility index (Phi) is 6.83. The average Bonchev–Trinajstić information content (AvgIpc) is 2.46. The van der Waals surface area contributed by atoms with Crippen LogP contribution in [0.4, 0.5) is 0 Å². The minimum atomic E-state index is -3.47. The summed E-state index contributed by atoms with van der Waals surface area (Å²) in [6.07, 6.45) is 0. The maximum atomic E-state index is 12.3. The highest BCUT2D eigenvalue weighted by Crippen LogP contribution is 2.19. The molecule has 0 fully saturated rings. The first-order chi connectivity index (χ1) is 10.3. The molecule has 6 nitrogen and oxygen atoms in total. The first-order valence-corrected chi connectivity index (χ1v) is 8.77. The summed E-state index contributed by atoms with van der Waals surface area (Å²) in [5.41, 5.74) is 0. The van der Waals surface area contributed by atoms with Gasteiger partial charge in [-0.1, -0.05) is 13.8 Å². The number of carbonyl (C=O) groups is 1. The number of sulfonamides is 1. The summed E-state index contributed by atoms with van der Waals surface area (Å²) in [7, 11) is -3.47. The maximum absolute atomic E-state index is 12.3. The third-order valence-corrected chi connectivity index (χ3v) is 5.05. The van der Waals surface area contributed by atoms with Gasteiger partial charge in [-0.15, -0.1) is 0 Å². The van der Waals surface area contributed by atoms with Crippen LogP contribution in [-0.4, -0.2) is 44.4 Å². The second-order valence-electron chi connectivity index (χ2n) is 5.07. The molecule has 0 heterocycles. The molecule has 7 heteroatoms. The molecule has 0 unspecified atom stereocenters. The number of hydrogen-bond acceptors (Lipinski definition) is 4. The van der Waals surface area contributed by atoms with Gasteiger partial charge in [0.05, 0.1) is 4.90 Å². The summed E-state index contributed by atoms with van der Waals surface area (Å²) in [5, 5.41) is 2.71. The van der Waals surface area contributed by atoms with E-state index >= 15 is 0 Å². The molecule has 22 heavy (non-hydrogen) atoms. The standard InChI is InChI=1S/C15H24N2O4S/c1-5-17(6-2)22(19,20)14-9-7-13(8-10-14)21-11-15(18)16-12(3)4/h7-10,12H,5-6,11H2,1-4H3,(H,16,18). The fourth-order valence-electron chi connectivity index (χ4n) is 1.93. The topological polar surface area (TPSA) is 75.7 Å². The van der Waals surface area contributed by atoms with Gasteiger partial charge < -0.3 is 10.1 Å². The Morgan fingerprint density at radius 1 is 1.18 bits per heavy atom. The third kappa shape index (κ3) is 4.99. The van der Waals surface area contributed by atoms with Crippen molar-refractivity contribution in [2.45, 2.75) is 38.6 Å². The van der Waals surface area contributed by atoms with Gasteiger partial charge in [-0.3, -0.25) is 4.79 Å². The van der Waals surface area contributed by atoms with Gasteiger partial charge in [0.1, 0.15) is 5.75 Å². The zero-order valence-corrected chi connectivity index (χ0v) is 14.3. The van der Waals surface area contributed by atoms with Crippen LogP contribution in [0, 0.1) is 0 Å². The lowest BCUT2D eigenvalue weighted by atomic mass is 10.3. The summed E-state index contributed by atoms with van der Waals surface area (Å²) in [4.78, 5) is 11.7. The molecule has 0 aliphatic carbocycles. The minimum Gasteiger partial charge on any atom is -0.484 e. The molecule has 1 rings (SSSR count). The van der Waals surface area contributed by atoms with E-state index in [-0.39, 0.29) is 23.5 Å². The zero-order valence-electron chi connectivity index (χ0n) is 13.5. The van der Waals surface area contributed by atoms with E-state index in [1.807, 2.05) is 13.8 Å². The van der Waals surface area contributed by atoms with Crippen molar-refractivity contribution in [1.82, 2.24) is 9.62 Å². The van der Waals surface area contributed by atoms with Gasteiger partial charge in [-0.2, -0.15) is 4.31 Å². The molecule has 1 aromatic carbocycles. The van der Waals surface area contributed by atoms with Crippen LogP contribution in [0.15, 0.2) is 29.2 Å². The second-order valence-corrected chi connectivity index (χ2v) is 7.01. The SMILES string of the molecule is CCN(CC)S(=O)(=O)c1ccc(OCC(=O)NC(C)C)cc1. The Labute approximate surface area is 132 Å². The van der Waals surface area contributed by atoms with Gasteiger partial charge in [0.25, 0.3) is 5.91 Å². The van der Waals surface area contributed by atoms with Crippen LogP contribution in [0.25, 0.3) is 0 Å². The van der Waals surface area contributed by atoms with Gasteiger partial charge in [0.15, 0.2) is 6.61 Å². The van der Waals surface area contributed by atoms with Crippen LogP contribution in [0.2, 0.25) is 0 Å². The molecular weight excluding hydrogens is 304 g/mol. The van der Waals surface area contributed by atoms with Gasteiger partial charge in [-0.25, -0.2) is 8.42 Å². The highest BCUT2D eigenvalue weighted by molar-refractivity contribution is 7.89. The fourth-order valence-corrected chi connectivity index (χ4v) is 3.39. The average molecular weight is 328 g/mol. The maximum Gasteiger partial charge on any atom is 0.258 e. The van der Waals surface area contributed by atoms with Crippen molar-refractivity contribution in [3.8, 4) is 5.75 Å². The molecule has 1 N–H and O–H groups in total. The number of nitrogens with one attached hydrogen (secondary N) is 1. The summed E-state index contributed by atoms with van der Waals surface area (Å²) >= 11 is 0. The van der Waals surface area contributed by atoms with E-state index in [1.54, 1.807) is 26.0 Å². The molecule has 0 aromatic heterocycles. The van der Waals surface area contributed by atoms with E-state index in [1.165, 1.54) is 16.4 Å². The van der Waals surface area contributed by atoms with E-state index in [9.17, 15) is 13.2 Å². The van der Waals surface area contributed by atoms with Crippen LogP contribution < -0.4 is 10.1 Å². The highest BCUT2D eigenvalue weighted by atomic mass is 32.2. The Morgan fingerprint density at radius 3 is 2.18 bits per heavy atom. The largest absolute Gasteiger partial charge is 0.484 e. The quantitative estimate of drug-likeness (QED) is 0.787. The molecule has 0 spiro atoms. The van der Waals surface area contributed by atoms with Crippen LogP contribution in [-0.2, 0) is 14.8 Å². The zero-order chi connectivity index (χ0) is 16.8. The minimum absolute atomic E-state index is 0.0534. The Morgan fingerprint density at radius 2 is 1.73 bits per heavy atom. The van der Waals surface area contributed by atoms with Crippen molar-refractivity contribution in [2.24, 2.45) is 0 Å². The number of ether oxygens (including phenoxy) is 1. The monoisotopic (exact) mass is 328 g/mol. The summed E-state index contributed by atoms with van der Waals surface area (Å²) in [6.45, 7) is 8.08. The first-order valence-electron chi connectivity index (χ1n) is 7.33. The predicted molar refractivity (Wildman–Crippen MR) is 85.3 cm³/mol. The van der Waals surface area contributed by atoms with Crippen LogP contribution in [0.3, 0.4) is 0 Å². The van der Waals surface area contributed by atoms with E-state index in [2.05, 4.69) is 5.32 Å². The molecule has 0 atom stereocenters. The lowest BCUT2D eigenvalue weighted by Crippen LogP contribution is -2.34. The molecule has 0 saturated carbocycles. The van der Waals surface area contributed by atoms with Crippen molar-refractivity contribution in [3.05, 3.63) is 24.3 Å². The van der Waals surface area contributed by atoms with Crippen LogP contribution in [0.1, 0.15) is 27.7 Å². The molecule has 0 bridgehead atoms. The molecular formula is C15H24N2O4S. The third-order valence-electron chi connectivity index (χ3n) is 2.99. The summed E-state index contributed by atoms with van der Waals surface area (Å²) in [5.74, 6) is 0.243. The predicted octanol–water partition coefficient (Wildman–Crippen LogP) is 1.62. The number of amides is 1. The lowest BCUT2D eigenvalue weighted by molar-refractivity contribution is -0.123. The van der Waals surface area contributed by atoms with Crippen molar-refractivity contribution >= 4 is 15.9 Å². The molecule has 124 valence electrons. The normalized spacial score (nSPS) is 11.7. The molecule has 0 radical (unpaired) electrons. The van der Waals surface area contributed by atoms with Crippen molar-refractivity contribution in [2.75, 3.05) is 19.7 Å². The van der Waals surface area contributed by atoms with Crippen LogP contribution >= 0.6 is 0 Å². The van der Waals surface area contributed by atoms with E-state index in [0.29, 0.717) is 18.8 Å². The fraction of sp³-hybridized carbons (Fsp3) is 0.533. The summed E-state index contributed by atoms with van der Waals surface area (Å²) < 4.78 is 31.3. The summed E-state index contributed by atoms with van der Waals surface area (Å²) in [6, 6.07) is 6.14. The Bertz CT molecular complexity index is 578. The lowest BCUT2D eigenvalue weighted by Gasteiger charge is -2.18. The Balaban J connectivity index is 2.73. The van der Waals surface area contributed by atoms with Gasteiger partial charge >= 0.3 is 0 Å². The molecule has 1 amide bonds. The van der Waals surface area contributed by atoms with Gasteiger partial charge in [0.2, 0.25) is 10.0 Å². The number of hydrogen-bond donors (Lipinski definition) is 1. The number of carbonyl (C=O) groups excluding carboxylic acids is 1. The van der Waals surface area contributed by atoms with Crippen molar-refractivity contribution in [1.29, 1.82) is 0 Å². The number of benzene rings is 1. The molecule has 0 aliphatic heterocycles. The van der Waals surface area contributed by atoms with E-state index in [0.717, 1.165) is 0 Å². The van der Waals surface area contributed by atoms with Crippen LogP contribution in [0.5, 0.6) is 5.75 Å². The van der Waals surface area contributed by atoms with E-state index in [4.69, 9.17) is 4.74 Å². The number of rotatable bonds is 8.